The van der Waals surface area contributed by atoms with Gasteiger partial charge in [0.05, 0.1) is 0 Å². The quantitative estimate of drug-likeness (QED) is 0.842. The van der Waals surface area contributed by atoms with Crippen molar-refractivity contribution in [2.24, 2.45) is 7.05 Å². The molecule has 0 saturated heterocycles. The second-order valence-electron chi connectivity index (χ2n) is 4.39. The van der Waals surface area contributed by atoms with E-state index in [0.29, 0.717) is 5.69 Å². The molecular weight excluding hydrogens is 204 g/mol. The normalized spacial score (nSPS) is 16.1. The number of hydrogen-bond acceptors (Lipinski definition) is 2. The Morgan fingerprint density at radius 1 is 1.56 bits per heavy atom. The van der Waals surface area contributed by atoms with E-state index in [9.17, 15) is 4.79 Å². The van der Waals surface area contributed by atoms with Crippen molar-refractivity contribution >= 4 is 5.97 Å². The number of aromatic carboxylic acids is 1. The predicted molar refractivity (Wildman–Crippen MR) is 61.6 cm³/mol. The van der Waals surface area contributed by atoms with Gasteiger partial charge in [-0.1, -0.05) is 6.92 Å². The van der Waals surface area contributed by atoms with Crippen molar-refractivity contribution < 1.29 is 9.90 Å². The molecule has 0 unspecified atom stereocenters. The maximum Gasteiger partial charge on any atom is 0.352 e. The molecule has 0 fully saturated rings. The van der Waals surface area contributed by atoms with E-state index in [1.807, 2.05) is 17.7 Å². The summed E-state index contributed by atoms with van der Waals surface area (Å²) in [5, 5.41) is 9.05. The molecule has 0 amide bonds. The van der Waals surface area contributed by atoms with E-state index in [-0.39, 0.29) is 0 Å². The molecule has 0 aromatic carbocycles. The van der Waals surface area contributed by atoms with Crippen LogP contribution in [0.1, 0.15) is 35.1 Å². The van der Waals surface area contributed by atoms with E-state index in [1.54, 1.807) is 0 Å². The van der Waals surface area contributed by atoms with Crippen molar-refractivity contribution in [2.45, 2.75) is 26.3 Å². The summed E-state index contributed by atoms with van der Waals surface area (Å²) >= 11 is 0. The average molecular weight is 222 g/mol. The number of carboxylic acid groups (broad SMARTS) is 1. The number of aromatic nitrogens is 1. The molecule has 0 bridgehead atoms. The first-order chi connectivity index (χ1) is 7.63. The molecule has 0 atom stereocenters. The van der Waals surface area contributed by atoms with Gasteiger partial charge in [0.25, 0.3) is 0 Å². The van der Waals surface area contributed by atoms with Gasteiger partial charge in [-0.3, -0.25) is 4.90 Å². The van der Waals surface area contributed by atoms with Crippen molar-refractivity contribution in [3.05, 3.63) is 23.0 Å². The molecule has 0 aliphatic carbocycles. The summed E-state index contributed by atoms with van der Waals surface area (Å²) in [6.07, 6.45) is 2.10. The van der Waals surface area contributed by atoms with Crippen LogP contribution in [0.25, 0.3) is 0 Å². The summed E-state index contributed by atoms with van der Waals surface area (Å²) in [7, 11) is 1.85. The summed E-state index contributed by atoms with van der Waals surface area (Å²) in [4.78, 5) is 13.4. The lowest BCUT2D eigenvalue weighted by Crippen LogP contribution is -2.31. The third-order valence-electron chi connectivity index (χ3n) is 3.27. The molecule has 0 spiro atoms. The Morgan fingerprint density at radius 2 is 2.31 bits per heavy atom. The van der Waals surface area contributed by atoms with E-state index in [4.69, 9.17) is 5.11 Å². The van der Waals surface area contributed by atoms with Crippen molar-refractivity contribution in [2.75, 3.05) is 13.1 Å². The van der Waals surface area contributed by atoms with Crippen LogP contribution in [0.4, 0.5) is 0 Å². The van der Waals surface area contributed by atoms with Crippen molar-refractivity contribution in [1.29, 1.82) is 0 Å². The lowest BCUT2D eigenvalue weighted by atomic mass is 10.1. The number of hydrogen-bond donors (Lipinski definition) is 1. The fraction of sp³-hybridized carbons (Fsp3) is 0.583. The van der Waals surface area contributed by atoms with Gasteiger partial charge < -0.3 is 9.67 Å². The highest BCUT2D eigenvalue weighted by atomic mass is 16.4. The summed E-state index contributed by atoms with van der Waals surface area (Å²) in [5.41, 5.74) is 2.77. The van der Waals surface area contributed by atoms with Gasteiger partial charge in [0.15, 0.2) is 0 Å². The molecular formula is C12H18N2O2. The fourth-order valence-electron chi connectivity index (χ4n) is 2.47. The molecule has 1 aliphatic rings. The highest BCUT2D eigenvalue weighted by molar-refractivity contribution is 5.86. The number of carbonyl (C=O) groups is 1. The Balaban J connectivity index is 2.26. The lowest BCUT2D eigenvalue weighted by Gasteiger charge is -2.26. The second-order valence-corrected chi connectivity index (χ2v) is 4.39. The van der Waals surface area contributed by atoms with Crippen molar-refractivity contribution in [3.63, 3.8) is 0 Å². The minimum Gasteiger partial charge on any atom is -0.477 e. The number of carboxylic acids is 1. The highest BCUT2D eigenvalue weighted by Crippen LogP contribution is 2.22. The monoisotopic (exact) mass is 222 g/mol. The number of rotatable bonds is 3. The zero-order chi connectivity index (χ0) is 11.7. The highest BCUT2D eigenvalue weighted by Gasteiger charge is 2.22. The van der Waals surface area contributed by atoms with Crippen LogP contribution in [0.3, 0.4) is 0 Å². The van der Waals surface area contributed by atoms with Crippen LogP contribution in [-0.2, 0) is 20.0 Å². The van der Waals surface area contributed by atoms with Crippen LogP contribution < -0.4 is 0 Å². The summed E-state index contributed by atoms with van der Waals surface area (Å²) in [5.74, 6) is -0.834. The van der Waals surface area contributed by atoms with Crippen molar-refractivity contribution in [3.8, 4) is 0 Å². The molecule has 2 rings (SSSR count). The minimum atomic E-state index is -0.834. The second kappa shape index (κ2) is 4.29. The molecule has 0 radical (unpaired) electrons. The lowest BCUT2D eigenvalue weighted by molar-refractivity contribution is 0.0686. The van der Waals surface area contributed by atoms with Gasteiger partial charge in [-0.25, -0.2) is 4.79 Å². The van der Waals surface area contributed by atoms with Gasteiger partial charge in [0.2, 0.25) is 0 Å². The third-order valence-corrected chi connectivity index (χ3v) is 3.27. The predicted octanol–water partition coefficient (Wildman–Crippen LogP) is 1.49. The fourth-order valence-corrected chi connectivity index (χ4v) is 2.47. The minimum absolute atomic E-state index is 0.406. The zero-order valence-electron chi connectivity index (χ0n) is 9.86. The van der Waals surface area contributed by atoms with E-state index >= 15 is 0 Å². The maximum atomic E-state index is 11.0. The Morgan fingerprint density at radius 3 is 2.94 bits per heavy atom. The van der Waals surface area contributed by atoms with E-state index in [1.165, 1.54) is 11.3 Å². The molecule has 1 aromatic rings. The molecule has 4 heteroatoms. The summed E-state index contributed by atoms with van der Waals surface area (Å²) < 4.78 is 1.82. The first kappa shape index (κ1) is 11.2. The zero-order valence-corrected chi connectivity index (χ0v) is 9.86. The third kappa shape index (κ3) is 1.85. The molecule has 16 heavy (non-hydrogen) atoms. The van der Waals surface area contributed by atoms with Gasteiger partial charge in [-0.05, 0) is 24.6 Å². The number of fused-ring (bicyclic) bond motifs is 1. The smallest absolute Gasteiger partial charge is 0.352 e. The topological polar surface area (TPSA) is 45.5 Å². The molecule has 4 nitrogen and oxygen atoms in total. The molecule has 1 aromatic heterocycles. The summed E-state index contributed by atoms with van der Waals surface area (Å²) in [6.45, 7) is 5.20. The molecule has 1 N–H and O–H groups in total. The Labute approximate surface area is 95.5 Å². The Hall–Kier alpha value is -1.29. The Bertz CT molecular complexity index is 409. The number of nitrogens with zero attached hydrogens (tertiary/aromatic N) is 2. The molecule has 88 valence electrons. The van der Waals surface area contributed by atoms with Crippen LogP contribution >= 0.6 is 0 Å². The largest absolute Gasteiger partial charge is 0.477 e. The molecule has 0 saturated carbocycles. The maximum absolute atomic E-state index is 11.0. The van der Waals surface area contributed by atoms with E-state index < -0.39 is 5.97 Å². The van der Waals surface area contributed by atoms with Crippen molar-refractivity contribution in [1.82, 2.24) is 9.47 Å². The van der Waals surface area contributed by atoms with Gasteiger partial charge in [0.1, 0.15) is 5.69 Å². The van der Waals surface area contributed by atoms with Gasteiger partial charge in [-0.2, -0.15) is 0 Å². The Kier molecular flexibility index (Phi) is 3.01. The first-order valence-corrected chi connectivity index (χ1v) is 5.76. The van der Waals surface area contributed by atoms with Crippen LogP contribution in [0, 0.1) is 0 Å². The molecule has 2 heterocycles. The van der Waals surface area contributed by atoms with Gasteiger partial charge in [0, 0.05) is 32.3 Å². The van der Waals surface area contributed by atoms with Crippen LogP contribution in [0.2, 0.25) is 0 Å². The van der Waals surface area contributed by atoms with Crippen LogP contribution in [0.15, 0.2) is 6.07 Å². The first-order valence-electron chi connectivity index (χ1n) is 5.76. The average Bonchev–Trinajstić information content (AvgIpc) is 2.56. The van der Waals surface area contributed by atoms with Crippen LogP contribution in [0.5, 0.6) is 0 Å². The SMILES string of the molecule is CCCN1CCc2c(cc(C(=O)O)n2C)C1. The van der Waals surface area contributed by atoms with Crippen LogP contribution in [-0.4, -0.2) is 33.6 Å². The van der Waals surface area contributed by atoms with E-state index in [0.717, 1.165) is 32.5 Å². The summed E-state index contributed by atoms with van der Waals surface area (Å²) in [6, 6.07) is 1.82. The standard InChI is InChI=1S/C12H18N2O2/c1-3-5-14-6-4-10-9(8-14)7-11(12(15)16)13(10)2/h7H,3-6,8H2,1-2H3,(H,15,16). The molecule has 1 aliphatic heterocycles. The van der Waals surface area contributed by atoms with Gasteiger partial charge in [-0.15, -0.1) is 0 Å². The van der Waals surface area contributed by atoms with Gasteiger partial charge >= 0.3 is 5.97 Å². The van der Waals surface area contributed by atoms with E-state index in [2.05, 4.69) is 11.8 Å².